The third-order valence-electron chi connectivity index (χ3n) is 2.03. The maximum atomic E-state index is 11.5. The second-order valence-corrected chi connectivity index (χ2v) is 3.73. The Balaban J connectivity index is 2.91. The van der Waals surface area contributed by atoms with Gasteiger partial charge in [-0.05, 0) is 30.7 Å². The van der Waals surface area contributed by atoms with Crippen LogP contribution < -0.4 is 10.1 Å². The van der Waals surface area contributed by atoms with Gasteiger partial charge in [-0.15, -0.1) is 0 Å². The number of benzene rings is 1. The molecule has 1 rings (SSSR count). The fourth-order valence-electron chi connectivity index (χ4n) is 1.24. The SMILES string of the molecule is CNC(=O)Oc1ccc(C(=O)CBr)c(C)c1. The maximum Gasteiger partial charge on any atom is 0.412 e. The second kappa shape index (κ2) is 5.65. The number of aryl methyl sites for hydroxylation is 1. The van der Waals surface area contributed by atoms with Gasteiger partial charge in [-0.1, -0.05) is 15.9 Å². The zero-order valence-corrected chi connectivity index (χ0v) is 10.6. The van der Waals surface area contributed by atoms with E-state index in [9.17, 15) is 9.59 Å². The molecule has 0 spiro atoms. The summed E-state index contributed by atoms with van der Waals surface area (Å²) >= 11 is 3.11. The molecular formula is C11H12BrNO3. The number of carbonyl (C=O) groups is 2. The molecule has 16 heavy (non-hydrogen) atoms. The topological polar surface area (TPSA) is 55.4 Å². The minimum atomic E-state index is -0.529. The lowest BCUT2D eigenvalue weighted by molar-refractivity contribution is 0.102. The Hall–Kier alpha value is -1.36. The summed E-state index contributed by atoms with van der Waals surface area (Å²) in [5.41, 5.74) is 1.41. The lowest BCUT2D eigenvalue weighted by Gasteiger charge is -2.07. The summed E-state index contributed by atoms with van der Waals surface area (Å²) in [6.07, 6.45) is -0.529. The normalized spacial score (nSPS) is 9.69. The molecule has 1 aromatic carbocycles. The van der Waals surface area contributed by atoms with Crippen LogP contribution in [0.1, 0.15) is 15.9 Å². The van der Waals surface area contributed by atoms with Crippen molar-refractivity contribution in [3.63, 3.8) is 0 Å². The number of ketones is 1. The predicted molar refractivity (Wildman–Crippen MR) is 64.4 cm³/mol. The molecule has 1 amide bonds. The number of alkyl halides is 1. The second-order valence-electron chi connectivity index (χ2n) is 3.17. The minimum Gasteiger partial charge on any atom is -0.410 e. The van der Waals surface area contributed by atoms with E-state index in [1.165, 1.54) is 7.05 Å². The van der Waals surface area contributed by atoms with Crippen molar-refractivity contribution in [1.29, 1.82) is 0 Å². The molecule has 4 nitrogen and oxygen atoms in total. The molecule has 86 valence electrons. The van der Waals surface area contributed by atoms with Crippen LogP contribution in [0.2, 0.25) is 0 Å². The summed E-state index contributed by atoms with van der Waals surface area (Å²) in [7, 11) is 1.48. The molecule has 0 aromatic heterocycles. The molecule has 0 radical (unpaired) electrons. The van der Waals surface area contributed by atoms with Gasteiger partial charge in [0.2, 0.25) is 0 Å². The fourth-order valence-corrected chi connectivity index (χ4v) is 1.54. The van der Waals surface area contributed by atoms with Gasteiger partial charge in [-0.2, -0.15) is 0 Å². The Morgan fingerprint density at radius 2 is 2.12 bits per heavy atom. The maximum absolute atomic E-state index is 11.5. The van der Waals surface area contributed by atoms with Crippen LogP contribution in [0.5, 0.6) is 5.75 Å². The molecule has 5 heteroatoms. The van der Waals surface area contributed by atoms with E-state index in [2.05, 4.69) is 21.2 Å². The lowest BCUT2D eigenvalue weighted by Crippen LogP contribution is -2.22. The minimum absolute atomic E-state index is 0.00370. The van der Waals surface area contributed by atoms with Gasteiger partial charge in [0.05, 0.1) is 5.33 Å². The van der Waals surface area contributed by atoms with Gasteiger partial charge in [0.15, 0.2) is 5.78 Å². The zero-order chi connectivity index (χ0) is 12.1. The number of amides is 1. The standard InChI is InChI=1S/C11H12BrNO3/c1-7-5-8(16-11(15)13-2)3-4-9(7)10(14)6-12/h3-5H,6H2,1-2H3,(H,13,15). The largest absolute Gasteiger partial charge is 0.412 e. The van der Waals surface area contributed by atoms with E-state index in [4.69, 9.17) is 4.74 Å². The van der Waals surface area contributed by atoms with Crippen LogP contribution in [0.4, 0.5) is 4.79 Å². The Kier molecular flexibility index (Phi) is 4.49. The Bertz CT molecular complexity index is 418. The van der Waals surface area contributed by atoms with E-state index < -0.39 is 6.09 Å². The average Bonchev–Trinajstić information content (AvgIpc) is 2.28. The van der Waals surface area contributed by atoms with Crippen molar-refractivity contribution in [2.75, 3.05) is 12.4 Å². The summed E-state index contributed by atoms with van der Waals surface area (Å²) in [6.45, 7) is 1.80. The summed E-state index contributed by atoms with van der Waals surface area (Å²) in [4.78, 5) is 22.4. The van der Waals surface area contributed by atoms with Crippen LogP contribution in [0.3, 0.4) is 0 Å². The Labute approximate surface area is 102 Å². The molecule has 0 fully saturated rings. The first-order valence-corrected chi connectivity index (χ1v) is 5.80. The Morgan fingerprint density at radius 3 is 2.62 bits per heavy atom. The monoisotopic (exact) mass is 285 g/mol. The molecule has 1 N–H and O–H groups in total. The van der Waals surface area contributed by atoms with Gasteiger partial charge in [0.25, 0.3) is 0 Å². The van der Waals surface area contributed by atoms with Crippen molar-refractivity contribution >= 4 is 27.8 Å². The van der Waals surface area contributed by atoms with Gasteiger partial charge in [0.1, 0.15) is 5.75 Å². The van der Waals surface area contributed by atoms with Crippen LogP contribution in [0, 0.1) is 6.92 Å². The van der Waals surface area contributed by atoms with Gasteiger partial charge >= 0.3 is 6.09 Å². The highest BCUT2D eigenvalue weighted by atomic mass is 79.9. The molecule has 0 unspecified atom stereocenters. The van der Waals surface area contributed by atoms with Crippen molar-refractivity contribution in [3.8, 4) is 5.75 Å². The first-order valence-electron chi connectivity index (χ1n) is 4.68. The smallest absolute Gasteiger partial charge is 0.410 e. The molecule has 0 heterocycles. The van der Waals surface area contributed by atoms with Crippen LogP contribution in [-0.2, 0) is 0 Å². The number of hydrogen-bond acceptors (Lipinski definition) is 3. The molecule has 0 atom stereocenters. The van der Waals surface area contributed by atoms with Gasteiger partial charge in [0, 0.05) is 12.6 Å². The molecule has 0 saturated heterocycles. The molecule has 0 aliphatic rings. The molecule has 0 aliphatic carbocycles. The third-order valence-corrected chi connectivity index (χ3v) is 2.54. The summed E-state index contributed by atoms with van der Waals surface area (Å²) in [5.74, 6) is 0.423. The van der Waals surface area contributed by atoms with Crippen LogP contribution in [0.25, 0.3) is 0 Å². The van der Waals surface area contributed by atoms with Gasteiger partial charge in [-0.3, -0.25) is 4.79 Å². The van der Waals surface area contributed by atoms with E-state index in [1.54, 1.807) is 25.1 Å². The Morgan fingerprint density at radius 1 is 1.44 bits per heavy atom. The number of Topliss-reactive ketones (excluding diaryl/α,β-unsaturated/α-hetero) is 1. The van der Waals surface area contributed by atoms with Crippen molar-refractivity contribution in [3.05, 3.63) is 29.3 Å². The van der Waals surface area contributed by atoms with Gasteiger partial charge < -0.3 is 10.1 Å². The highest BCUT2D eigenvalue weighted by Gasteiger charge is 2.09. The highest BCUT2D eigenvalue weighted by Crippen LogP contribution is 2.18. The average molecular weight is 286 g/mol. The van der Waals surface area contributed by atoms with E-state index in [-0.39, 0.29) is 11.1 Å². The lowest BCUT2D eigenvalue weighted by atomic mass is 10.1. The van der Waals surface area contributed by atoms with Crippen molar-refractivity contribution in [2.24, 2.45) is 0 Å². The quantitative estimate of drug-likeness (QED) is 0.685. The fraction of sp³-hybridized carbons (Fsp3) is 0.273. The van der Waals surface area contributed by atoms with E-state index >= 15 is 0 Å². The molecule has 0 bridgehead atoms. The third kappa shape index (κ3) is 3.06. The van der Waals surface area contributed by atoms with Crippen LogP contribution in [0.15, 0.2) is 18.2 Å². The number of carbonyl (C=O) groups excluding carboxylic acids is 2. The summed E-state index contributed by atoms with van der Waals surface area (Å²) in [6, 6.07) is 4.90. The van der Waals surface area contributed by atoms with Crippen molar-refractivity contribution in [1.82, 2.24) is 5.32 Å². The van der Waals surface area contributed by atoms with Gasteiger partial charge in [-0.25, -0.2) is 4.79 Å². The first kappa shape index (κ1) is 12.7. The molecule has 0 saturated carbocycles. The van der Waals surface area contributed by atoms with Crippen molar-refractivity contribution in [2.45, 2.75) is 6.92 Å². The molecule has 1 aromatic rings. The van der Waals surface area contributed by atoms with E-state index in [0.29, 0.717) is 11.3 Å². The van der Waals surface area contributed by atoms with E-state index in [1.807, 2.05) is 0 Å². The number of hydrogen-bond donors (Lipinski definition) is 1. The summed E-state index contributed by atoms with van der Waals surface area (Å²) in [5, 5.41) is 2.63. The zero-order valence-electron chi connectivity index (χ0n) is 9.04. The number of rotatable bonds is 3. The highest BCUT2D eigenvalue weighted by molar-refractivity contribution is 9.09. The summed E-state index contributed by atoms with van der Waals surface area (Å²) < 4.78 is 4.94. The number of nitrogens with one attached hydrogen (secondary N) is 1. The van der Waals surface area contributed by atoms with E-state index in [0.717, 1.165) is 5.56 Å². The number of ether oxygens (including phenoxy) is 1. The van der Waals surface area contributed by atoms with Crippen LogP contribution in [-0.4, -0.2) is 24.3 Å². The van der Waals surface area contributed by atoms with Crippen molar-refractivity contribution < 1.29 is 14.3 Å². The molecule has 0 aliphatic heterocycles. The first-order chi connectivity index (χ1) is 7.58. The molecular weight excluding hydrogens is 274 g/mol. The predicted octanol–water partition coefficient (Wildman–Crippen LogP) is 2.29. The van der Waals surface area contributed by atoms with Crippen LogP contribution >= 0.6 is 15.9 Å². The number of halogens is 1.